The van der Waals surface area contributed by atoms with Crippen LogP contribution in [0, 0.1) is 11.3 Å². The van der Waals surface area contributed by atoms with Crippen LogP contribution in [0.5, 0.6) is 0 Å². The molecule has 29 heavy (non-hydrogen) atoms. The number of aromatic nitrogens is 1. The smallest absolute Gasteiger partial charge is 0.290 e. The number of fused-ring (bicyclic) bond motifs is 2. The summed E-state index contributed by atoms with van der Waals surface area (Å²) in [4.78, 5) is 27.9. The molecule has 2 unspecified atom stereocenters. The van der Waals surface area contributed by atoms with Gasteiger partial charge in [0, 0.05) is 46.9 Å². The molecule has 154 valence electrons. The molecule has 4 N–H and O–H groups in total. The van der Waals surface area contributed by atoms with E-state index in [0.717, 1.165) is 23.4 Å². The first kappa shape index (κ1) is 21.1. The molecule has 2 aliphatic heterocycles. The van der Waals surface area contributed by atoms with Gasteiger partial charge in [-0.25, -0.2) is 4.98 Å². The fourth-order valence-corrected chi connectivity index (χ4v) is 5.11. The SMILES string of the molecule is CN1C2CCC1CC(CC(=O)C(=N)c1cc(-c3nccs3)ccc1N)C2.O=CO. The summed E-state index contributed by atoms with van der Waals surface area (Å²) in [6, 6.07) is 6.71. The third-order valence-electron chi connectivity index (χ3n) is 5.95. The van der Waals surface area contributed by atoms with Crippen molar-refractivity contribution in [2.24, 2.45) is 5.92 Å². The Balaban J connectivity index is 0.000000755. The second-order valence-electron chi connectivity index (χ2n) is 7.63. The molecule has 7 nitrogen and oxygen atoms in total. The van der Waals surface area contributed by atoms with Gasteiger partial charge >= 0.3 is 0 Å². The van der Waals surface area contributed by atoms with E-state index >= 15 is 0 Å². The van der Waals surface area contributed by atoms with Gasteiger partial charge in [0.2, 0.25) is 0 Å². The number of nitrogens with two attached hydrogens (primary N) is 1. The number of carbonyl (C=O) groups excluding carboxylic acids is 1. The van der Waals surface area contributed by atoms with E-state index in [0.29, 0.717) is 35.7 Å². The number of hydrogen-bond donors (Lipinski definition) is 3. The summed E-state index contributed by atoms with van der Waals surface area (Å²) < 4.78 is 0. The molecule has 0 spiro atoms. The lowest BCUT2D eigenvalue weighted by Gasteiger charge is -2.36. The van der Waals surface area contributed by atoms with E-state index in [1.807, 2.05) is 17.5 Å². The molecule has 2 saturated heterocycles. The van der Waals surface area contributed by atoms with E-state index in [2.05, 4.69) is 16.9 Å². The Bertz CT molecular complexity index is 870. The van der Waals surface area contributed by atoms with Gasteiger partial charge in [-0.05, 0) is 56.8 Å². The summed E-state index contributed by atoms with van der Waals surface area (Å²) in [5.41, 5.74) is 8.01. The minimum Gasteiger partial charge on any atom is -0.483 e. The average Bonchev–Trinajstić information content (AvgIpc) is 3.29. The van der Waals surface area contributed by atoms with Crippen LogP contribution in [0.2, 0.25) is 0 Å². The summed E-state index contributed by atoms with van der Waals surface area (Å²) in [7, 11) is 2.20. The van der Waals surface area contributed by atoms with Crippen molar-refractivity contribution in [3.63, 3.8) is 0 Å². The van der Waals surface area contributed by atoms with Crippen LogP contribution in [-0.4, -0.2) is 52.1 Å². The standard InChI is InChI=1S/C20H24N4OS.CH2O2/c1-24-14-3-4-15(24)9-12(8-14)10-18(25)19(22)16-11-13(2-5-17(16)21)20-23-6-7-26-20;2-1-3/h2,5-7,11-12,14-15,22H,3-4,8-10,21H2,1H3;1H,(H,2,3). The van der Waals surface area contributed by atoms with Gasteiger partial charge in [-0.2, -0.15) is 0 Å². The van der Waals surface area contributed by atoms with Crippen molar-refractivity contribution < 1.29 is 14.7 Å². The van der Waals surface area contributed by atoms with Crippen LogP contribution in [0.3, 0.4) is 0 Å². The van der Waals surface area contributed by atoms with E-state index in [1.54, 1.807) is 12.3 Å². The maximum atomic E-state index is 12.8. The summed E-state index contributed by atoms with van der Waals surface area (Å²) >= 11 is 1.53. The monoisotopic (exact) mass is 414 g/mol. The minimum absolute atomic E-state index is 0.0344. The van der Waals surface area contributed by atoms with E-state index in [-0.39, 0.29) is 18.0 Å². The molecule has 4 rings (SSSR count). The van der Waals surface area contributed by atoms with Crippen molar-refractivity contribution in [1.82, 2.24) is 9.88 Å². The highest BCUT2D eigenvalue weighted by molar-refractivity contribution is 7.13. The Morgan fingerprint density at radius 2 is 2.03 bits per heavy atom. The largest absolute Gasteiger partial charge is 0.483 e. The van der Waals surface area contributed by atoms with Crippen LogP contribution < -0.4 is 5.73 Å². The lowest BCUT2D eigenvalue weighted by Crippen LogP contribution is -2.40. The van der Waals surface area contributed by atoms with Crippen molar-refractivity contribution in [2.45, 2.75) is 44.2 Å². The van der Waals surface area contributed by atoms with Gasteiger partial charge < -0.3 is 15.7 Å². The van der Waals surface area contributed by atoms with Gasteiger partial charge in [-0.15, -0.1) is 11.3 Å². The second kappa shape index (κ2) is 9.28. The molecule has 2 fully saturated rings. The van der Waals surface area contributed by atoms with Gasteiger partial charge in [0.15, 0.2) is 5.78 Å². The molecular weight excluding hydrogens is 388 g/mol. The molecule has 2 aliphatic rings. The quantitative estimate of drug-likeness (QED) is 0.392. The van der Waals surface area contributed by atoms with Crippen LogP contribution in [0.15, 0.2) is 29.8 Å². The van der Waals surface area contributed by atoms with Gasteiger partial charge in [0.1, 0.15) is 10.7 Å². The predicted octanol–water partition coefficient (Wildman–Crippen LogP) is 3.29. The zero-order valence-corrected chi connectivity index (χ0v) is 17.2. The summed E-state index contributed by atoms with van der Waals surface area (Å²) in [6.45, 7) is -0.250. The third-order valence-corrected chi connectivity index (χ3v) is 6.77. The average molecular weight is 415 g/mol. The first-order valence-corrected chi connectivity index (χ1v) is 10.5. The molecular formula is C21H26N4O3S. The molecule has 2 bridgehead atoms. The number of Topliss-reactive ketones (excluding diaryl/α,β-unsaturated/α-hetero) is 1. The molecule has 1 aromatic heterocycles. The van der Waals surface area contributed by atoms with Crippen LogP contribution in [0.4, 0.5) is 5.69 Å². The molecule has 0 aliphatic carbocycles. The van der Waals surface area contributed by atoms with Gasteiger partial charge in [-0.3, -0.25) is 15.0 Å². The minimum atomic E-state index is -0.250. The Kier molecular flexibility index (Phi) is 6.76. The Morgan fingerprint density at radius 1 is 1.38 bits per heavy atom. The van der Waals surface area contributed by atoms with Crippen LogP contribution >= 0.6 is 11.3 Å². The number of benzene rings is 1. The first-order chi connectivity index (χ1) is 13.9. The number of nitrogen functional groups attached to an aromatic ring is 1. The van der Waals surface area contributed by atoms with Crippen LogP contribution in [0.25, 0.3) is 10.6 Å². The number of carbonyl (C=O) groups is 2. The molecule has 0 amide bonds. The number of thiazole rings is 1. The fraction of sp³-hybridized carbons (Fsp3) is 0.429. The number of rotatable bonds is 5. The zero-order chi connectivity index (χ0) is 21.0. The van der Waals surface area contributed by atoms with E-state index in [1.165, 1.54) is 24.2 Å². The second-order valence-corrected chi connectivity index (χ2v) is 8.53. The zero-order valence-electron chi connectivity index (χ0n) is 16.4. The normalized spacial score (nSPS) is 23.1. The summed E-state index contributed by atoms with van der Waals surface area (Å²) in [5, 5.41) is 18.1. The number of nitrogens with one attached hydrogen (secondary N) is 1. The number of ketones is 1. The highest BCUT2D eigenvalue weighted by Gasteiger charge is 2.39. The number of hydrogen-bond acceptors (Lipinski definition) is 7. The summed E-state index contributed by atoms with van der Waals surface area (Å²) in [5.74, 6) is 0.293. The van der Waals surface area contributed by atoms with E-state index in [9.17, 15) is 4.79 Å². The Labute approximate surface area is 174 Å². The van der Waals surface area contributed by atoms with E-state index in [4.69, 9.17) is 21.0 Å². The van der Waals surface area contributed by atoms with Crippen LogP contribution in [0.1, 0.15) is 37.7 Å². The molecule has 1 aromatic carbocycles. The molecule has 2 aromatic rings. The third kappa shape index (κ3) is 4.71. The van der Waals surface area contributed by atoms with Gasteiger partial charge in [-0.1, -0.05) is 0 Å². The highest BCUT2D eigenvalue weighted by atomic mass is 32.1. The van der Waals surface area contributed by atoms with Gasteiger partial charge in [0.05, 0.1) is 0 Å². The summed E-state index contributed by atoms with van der Waals surface area (Å²) in [6.07, 6.45) is 6.83. The van der Waals surface area contributed by atoms with Gasteiger partial charge in [0.25, 0.3) is 6.47 Å². The molecule has 0 saturated carbocycles. The van der Waals surface area contributed by atoms with E-state index < -0.39 is 0 Å². The predicted molar refractivity (Wildman–Crippen MR) is 114 cm³/mol. The molecule has 8 heteroatoms. The lowest BCUT2D eigenvalue weighted by molar-refractivity contribution is -0.123. The number of anilines is 1. The van der Waals surface area contributed by atoms with Crippen LogP contribution in [-0.2, 0) is 9.59 Å². The maximum absolute atomic E-state index is 12.8. The van der Waals surface area contributed by atoms with Crippen molar-refractivity contribution in [1.29, 1.82) is 5.41 Å². The molecule has 2 atom stereocenters. The highest BCUT2D eigenvalue weighted by Crippen LogP contribution is 2.39. The molecule has 0 radical (unpaired) electrons. The number of carboxylic acid groups (broad SMARTS) is 1. The Morgan fingerprint density at radius 3 is 2.62 bits per heavy atom. The first-order valence-electron chi connectivity index (χ1n) is 9.65. The Hall–Kier alpha value is -2.58. The van der Waals surface area contributed by atoms with Crippen molar-refractivity contribution >= 4 is 35.0 Å². The van der Waals surface area contributed by atoms with Crippen molar-refractivity contribution in [3.05, 3.63) is 35.3 Å². The maximum Gasteiger partial charge on any atom is 0.290 e. The van der Waals surface area contributed by atoms with Crippen molar-refractivity contribution in [3.8, 4) is 10.6 Å². The topological polar surface area (TPSA) is 120 Å². The number of piperidine rings is 1. The number of nitrogens with zero attached hydrogens (tertiary/aromatic N) is 2. The molecule has 3 heterocycles. The fourth-order valence-electron chi connectivity index (χ4n) is 4.48. The van der Waals surface area contributed by atoms with Crippen molar-refractivity contribution in [2.75, 3.05) is 12.8 Å². The lowest BCUT2D eigenvalue weighted by atomic mass is 9.85.